The molecule has 8 nitrogen and oxygen atoms in total. The standard InChI is InChI=1S/C21H26N4O4/c1-13(2)17-12-18(24(3)23-17)19(26)22-16-6-4-14(5-7-16)20(27)25-10-8-15(9-11-25)21(28)29/h4-7,12-13,15H,8-11H2,1-3H3,(H,22,26)(H,28,29). The lowest BCUT2D eigenvalue weighted by atomic mass is 9.96. The number of carbonyl (C=O) groups excluding carboxylic acids is 2. The maximum Gasteiger partial charge on any atom is 0.306 e. The molecule has 0 bridgehead atoms. The van der Waals surface area contributed by atoms with E-state index in [0.29, 0.717) is 42.9 Å². The number of rotatable bonds is 5. The van der Waals surface area contributed by atoms with E-state index in [2.05, 4.69) is 10.4 Å². The first-order valence-electron chi connectivity index (χ1n) is 9.73. The number of nitrogens with one attached hydrogen (secondary N) is 1. The lowest BCUT2D eigenvalue weighted by Crippen LogP contribution is -2.40. The third-order valence-electron chi connectivity index (χ3n) is 5.24. The summed E-state index contributed by atoms with van der Waals surface area (Å²) in [4.78, 5) is 37.9. The predicted octanol–water partition coefficient (Wildman–Crippen LogP) is 2.73. The number of anilines is 1. The monoisotopic (exact) mass is 398 g/mol. The largest absolute Gasteiger partial charge is 0.481 e. The van der Waals surface area contributed by atoms with Gasteiger partial charge in [-0.2, -0.15) is 5.10 Å². The van der Waals surface area contributed by atoms with Gasteiger partial charge in [-0.1, -0.05) is 13.8 Å². The second-order valence-electron chi connectivity index (χ2n) is 7.67. The fraction of sp³-hybridized carbons (Fsp3) is 0.429. The van der Waals surface area contributed by atoms with E-state index in [1.165, 1.54) is 0 Å². The third kappa shape index (κ3) is 4.64. The van der Waals surface area contributed by atoms with Crippen LogP contribution in [0.25, 0.3) is 0 Å². The molecule has 0 radical (unpaired) electrons. The molecule has 1 aliphatic rings. The zero-order valence-corrected chi connectivity index (χ0v) is 16.9. The maximum absolute atomic E-state index is 12.6. The second kappa shape index (κ2) is 8.46. The fourth-order valence-electron chi connectivity index (χ4n) is 3.39. The SMILES string of the molecule is CC(C)c1cc(C(=O)Nc2ccc(C(=O)N3CCC(C(=O)O)CC3)cc2)n(C)n1. The number of carboxylic acid groups (broad SMARTS) is 1. The Kier molecular flexibility index (Phi) is 6.00. The van der Waals surface area contributed by atoms with E-state index in [-0.39, 0.29) is 23.7 Å². The van der Waals surface area contributed by atoms with Crippen LogP contribution in [0.4, 0.5) is 5.69 Å². The topological polar surface area (TPSA) is 105 Å². The van der Waals surface area contributed by atoms with Crippen LogP contribution in [0.3, 0.4) is 0 Å². The highest BCUT2D eigenvalue weighted by Gasteiger charge is 2.27. The molecule has 3 rings (SSSR count). The number of nitrogens with zero attached hydrogens (tertiary/aromatic N) is 3. The van der Waals surface area contributed by atoms with Crippen molar-refractivity contribution in [3.05, 3.63) is 47.3 Å². The van der Waals surface area contributed by atoms with Crippen molar-refractivity contribution in [1.29, 1.82) is 0 Å². The van der Waals surface area contributed by atoms with Crippen molar-refractivity contribution in [3.63, 3.8) is 0 Å². The van der Waals surface area contributed by atoms with Gasteiger partial charge in [-0.15, -0.1) is 0 Å². The fourth-order valence-corrected chi connectivity index (χ4v) is 3.39. The minimum atomic E-state index is -0.800. The number of amides is 2. The molecule has 2 heterocycles. The van der Waals surface area contributed by atoms with E-state index in [1.807, 2.05) is 13.8 Å². The van der Waals surface area contributed by atoms with Gasteiger partial charge in [0.1, 0.15) is 5.69 Å². The highest BCUT2D eigenvalue weighted by molar-refractivity contribution is 6.03. The molecule has 2 amide bonds. The van der Waals surface area contributed by atoms with Gasteiger partial charge in [0.2, 0.25) is 0 Å². The van der Waals surface area contributed by atoms with E-state index in [1.54, 1.807) is 47.0 Å². The first-order valence-corrected chi connectivity index (χ1v) is 9.73. The van der Waals surface area contributed by atoms with Gasteiger partial charge in [-0.25, -0.2) is 0 Å². The van der Waals surface area contributed by atoms with Crippen molar-refractivity contribution in [2.75, 3.05) is 18.4 Å². The highest BCUT2D eigenvalue weighted by atomic mass is 16.4. The Hall–Kier alpha value is -3.16. The maximum atomic E-state index is 12.6. The number of hydrogen-bond acceptors (Lipinski definition) is 4. The Balaban J connectivity index is 1.62. The third-order valence-corrected chi connectivity index (χ3v) is 5.24. The number of carboxylic acids is 1. The number of likely N-dealkylation sites (tertiary alicyclic amines) is 1. The van der Waals surface area contributed by atoms with Crippen LogP contribution in [0, 0.1) is 5.92 Å². The van der Waals surface area contributed by atoms with Gasteiger partial charge >= 0.3 is 5.97 Å². The molecule has 0 unspecified atom stereocenters. The minimum Gasteiger partial charge on any atom is -0.481 e. The number of aromatic nitrogens is 2. The number of benzene rings is 1. The summed E-state index contributed by atoms with van der Waals surface area (Å²) < 4.78 is 1.56. The Morgan fingerprint density at radius 3 is 2.28 bits per heavy atom. The molecule has 1 saturated heterocycles. The Morgan fingerprint density at radius 1 is 1.14 bits per heavy atom. The van der Waals surface area contributed by atoms with Crippen LogP contribution in [0.5, 0.6) is 0 Å². The first-order chi connectivity index (χ1) is 13.8. The summed E-state index contributed by atoms with van der Waals surface area (Å²) >= 11 is 0. The van der Waals surface area contributed by atoms with E-state index in [0.717, 1.165) is 5.69 Å². The van der Waals surface area contributed by atoms with Gasteiger partial charge in [0, 0.05) is 31.4 Å². The zero-order valence-electron chi connectivity index (χ0n) is 16.9. The average Bonchev–Trinajstić information content (AvgIpc) is 3.10. The second-order valence-corrected chi connectivity index (χ2v) is 7.67. The molecule has 1 aliphatic heterocycles. The normalized spacial score (nSPS) is 14.8. The van der Waals surface area contributed by atoms with Crippen molar-refractivity contribution < 1.29 is 19.5 Å². The number of aliphatic carboxylic acids is 1. The number of aryl methyl sites for hydroxylation is 1. The minimum absolute atomic E-state index is 0.125. The van der Waals surface area contributed by atoms with E-state index < -0.39 is 5.97 Å². The van der Waals surface area contributed by atoms with E-state index >= 15 is 0 Å². The molecular weight excluding hydrogens is 372 g/mol. The molecular formula is C21H26N4O4. The van der Waals surface area contributed by atoms with Gasteiger partial charge in [0.25, 0.3) is 11.8 Å². The molecule has 1 aromatic heterocycles. The van der Waals surface area contributed by atoms with Crippen LogP contribution in [0.2, 0.25) is 0 Å². The van der Waals surface area contributed by atoms with E-state index in [4.69, 9.17) is 5.11 Å². The Labute approximate surface area is 169 Å². The smallest absolute Gasteiger partial charge is 0.306 e. The molecule has 1 aromatic carbocycles. The predicted molar refractivity (Wildman–Crippen MR) is 108 cm³/mol. The molecule has 154 valence electrons. The van der Waals surface area contributed by atoms with Gasteiger partial charge in [0.05, 0.1) is 11.6 Å². The molecule has 2 N–H and O–H groups in total. The number of carbonyl (C=O) groups is 3. The van der Waals surface area contributed by atoms with Crippen molar-refractivity contribution in [2.24, 2.45) is 13.0 Å². The molecule has 8 heteroatoms. The Morgan fingerprint density at radius 2 is 1.76 bits per heavy atom. The molecule has 0 saturated carbocycles. The summed E-state index contributed by atoms with van der Waals surface area (Å²) in [6.07, 6.45) is 0.941. The summed E-state index contributed by atoms with van der Waals surface area (Å²) in [5.74, 6) is -1.33. The average molecular weight is 398 g/mol. The number of hydrogen-bond donors (Lipinski definition) is 2. The van der Waals surface area contributed by atoms with Gasteiger partial charge in [-0.3, -0.25) is 19.1 Å². The van der Waals surface area contributed by atoms with E-state index in [9.17, 15) is 14.4 Å². The van der Waals surface area contributed by atoms with Crippen molar-refractivity contribution in [2.45, 2.75) is 32.6 Å². The zero-order chi connectivity index (χ0) is 21.1. The summed E-state index contributed by atoms with van der Waals surface area (Å²) in [6.45, 7) is 4.91. The molecule has 2 aromatic rings. The summed E-state index contributed by atoms with van der Waals surface area (Å²) in [5, 5.41) is 16.2. The quantitative estimate of drug-likeness (QED) is 0.806. The van der Waals surface area contributed by atoms with Gasteiger partial charge < -0.3 is 15.3 Å². The van der Waals surface area contributed by atoms with Crippen LogP contribution in [0.1, 0.15) is 59.1 Å². The van der Waals surface area contributed by atoms with Crippen molar-refractivity contribution in [1.82, 2.24) is 14.7 Å². The van der Waals surface area contributed by atoms with Crippen LogP contribution in [-0.2, 0) is 11.8 Å². The lowest BCUT2D eigenvalue weighted by Gasteiger charge is -2.30. The summed E-state index contributed by atoms with van der Waals surface area (Å²) in [6, 6.07) is 8.50. The number of piperidine rings is 1. The van der Waals surface area contributed by atoms with Crippen LogP contribution < -0.4 is 5.32 Å². The van der Waals surface area contributed by atoms with Crippen LogP contribution >= 0.6 is 0 Å². The van der Waals surface area contributed by atoms with Crippen LogP contribution in [-0.4, -0.2) is 50.7 Å². The Bertz CT molecular complexity index is 909. The summed E-state index contributed by atoms with van der Waals surface area (Å²) in [7, 11) is 1.73. The molecule has 0 aliphatic carbocycles. The van der Waals surface area contributed by atoms with Crippen LogP contribution in [0.15, 0.2) is 30.3 Å². The molecule has 1 fully saturated rings. The highest BCUT2D eigenvalue weighted by Crippen LogP contribution is 2.20. The first kappa shape index (κ1) is 20.6. The molecule has 0 spiro atoms. The van der Waals surface area contributed by atoms with Gasteiger partial charge in [-0.05, 0) is 49.1 Å². The van der Waals surface area contributed by atoms with Crippen molar-refractivity contribution in [3.8, 4) is 0 Å². The molecule has 29 heavy (non-hydrogen) atoms. The lowest BCUT2D eigenvalue weighted by molar-refractivity contribution is -0.143. The van der Waals surface area contributed by atoms with Crippen molar-refractivity contribution >= 4 is 23.5 Å². The summed E-state index contributed by atoms with van der Waals surface area (Å²) in [5.41, 5.74) is 2.42. The van der Waals surface area contributed by atoms with Gasteiger partial charge in [0.15, 0.2) is 0 Å². The molecule has 0 atom stereocenters.